The number of aromatic amines is 1. The Morgan fingerprint density at radius 1 is 1.12 bits per heavy atom. The molecule has 3 nitrogen and oxygen atoms in total. The standard InChI is InChI=1S/C21H18F2N2O/c22-16-3-1-2-14(10-16)11-21(26)25-8-6-15(7-9-25)19-13-24-20-12-17(23)4-5-18(19)20/h1-6,10,12-13,24H,7-9,11H2. The SMILES string of the molecule is O=C(Cc1cccc(F)c1)N1CC=C(c2c[nH]c3cc(F)ccc23)CC1. The summed E-state index contributed by atoms with van der Waals surface area (Å²) in [5, 5.41) is 0.984. The van der Waals surface area contributed by atoms with Crippen molar-refractivity contribution >= 4 is 22.4 Å². The lowest BCUT2D eigenvalue weighted by Crippen LogP contribution is -2.35. The number of hydrogen-bond donors (Lipinski definition) is 1. The van der Waals surface area contributed by atoms with E-state index in [1.165, 1.54) is 24.3 Å². The molecule has 132 valence electrons. The van der Waals surface area contributed by atoms with Crippen LogP contribution < -0.4 is 0 Å². The molecule has 0 saturated heterocycles. The predicted molar refractivity (Wildman–Crippen MR) is 97.5 cm³/mol. The zero-order chi connectivity index (χ0) is 18.1. The molecule has 2 heterocycles. The van der Waals surface area contributed by atoms with E-state index < -0.39 is 0 Å². The maximum Gasteiger partial charge on any atom is 0.227 e. The highest BCUT2D eigenvalue weighted by atomic mass is 19.1. The van der Waals surface area contributed by atoms with Gasteiger partial charge >= 0.3 is 0 Å². The van der Waals surface area contributed by atoms with E-state index in [-0.39, 0.29) is 24.0 Å². The predicted octanol–water partition coefficient (Wildman–Crippen LogP) is 4.30. The molecule has 26 heavy (non-hydrogen) atoms. The van der Waals surface area contributed by atoms with Crippen molar-refractivity contribution in [2.24, 2.45) is 0 Å². The number of fused-ring (bicyclic) bond motifs is 1. The summed E-state index contributed by atoms with van der Waals surface area (Å²) in [5.74, 6) is -0.601. The fourth-order valence-corrected chi connectivity index (χ4v) is 3.44. The van der Waals surface area contributed by atoms with E-state index in [2.05, 4.69) is 4.98 Å². The third-order valence-corrected chi connectivity index (χ3v) is 4.80. The first-order valence-electron chi connectivity index (χ1n) is 8.58. The fraction of sp³-hybridized carbons (Fsp3) is 0.190. The van der Waals surface area contributed by atoms with E-state index >= 15 is 0 Å². The fourth-order valence-electron chi connectivity index (χ4n) is 3.44. The van der Waals surface area contributed by atoms with Gasteiger partial charge in [-0.1, -0.05) is 18.2 Å². The molecule has 2 aromatic carbocycles. The maximum atomic E-state index is 13.3. The molecule has 3 aromatic rings. The van der Waals surface area contributed by atoms with E-state index in [0.717, 1.165) is 28.5 Å². The van der Waals surface area contributed by atoms with Crippen LogP contribution in [-0.4, -0.2) is 28.9 Å². The molecule has 1 aliphatic rings. The van der Waals surface area contributed by atoms with E-state index in [1.54, 1.807) is 23.1 Å². The van der Waals surface area contributed by atoms with Crippen molar-refractivity contribution in [3.63, 3.8) is 0 Å². The molecule has 0 unspecified atom stereocenters. The molecular weight excluding hydrogens is 334 g/mol. The summed E-state index contributed by atoms with van der Waals surface area (Å²) >= 11 is 0. The van der Waals surface area contributed by atoms with Crippen LogP contribution in [0.25, 0.3) is 16.5 Å². The van der Waals surface area contributed by atoms with Gasteiger partial charge in [-0.2, -0.15) is 0 Å². The number of hydrogen-bond acceptors (Lipinski definition) is 1. The number of amides is 1. The van der Waals surface area contributed by atoms with Crippen LogP contribution in [0.5, 0.6) is 0 Å². The number of benzene rings is 2. The van der Waals surface area contributed by atoms with Gasteiger partial charge < -0.3 is 9.88 Å². The van der Waals surface area contributed by atoms with Gasteiger partial charge in [-0.15, -0.1) is 0 Å². The largest absolute Gasteiger partial charge is 0.360 e. The van der Waals surface area contributed by atoms with E-state index in [0.29, 0.717) is 18.7 Å². The molecule has 1 N–H and O–H groups in total. The summed E-state index contributed by atoms with van der Waals surface area (Å²) in [7, 11) is 0. The average Bonchev–Trinajstić information content (AvgIpc) is 3.05. The topological polar surface area (TPSA) is 36.1 Å². The molecule has 5 heteroatoms. The lowest BCUT2D eigenvalue weighted by molar-refractivity contribution is -0.130. The third-order valence-electron chi connectivity index (χ3n) is 4.80. The highest BCUT2D eigenvalue weighted by Crippen LogP contribution is 2.29. The summed E-state index contributed by atoms with van der Waals surface area (Å²) in [5.41, 5.74) is 3.66. The van der Waals surface area contributed by atoms with Crippen LogP contribution >= 0.6 is 0 Å². The Kier molecular flexibility index (Phi) is 4.29. The highest BCUT2D eigenvalue weighted by Gasteiger charge is 2.19. The minimum absolute atomic E-state index is 0.00750. The number of H-pyrrole nitrogens is 1. The highest BCUT2D eigenvalue weighted by molar-refractivity contribution is 5.93. The van der Waals surface area contributed by atoms with Crippen molar-refractivity contribution in [1.82, 2.24) is 9.88 Å². The monoisotopic (exact) mass is 352 g/mol. The summed E-state index contributed by atoms with van der Waals surface area (Å²) in [6.07, 6.45) is 4.87. The lowest BCUT2D eigenvalue weighted by atomic mass is 9.98. The number of halogens is 2. The molecule has 1 aromatic heterocycles. The van der Waals surface area contributed by atoms with Crippen molar-refractivity contribution in [2.75, 3.05) is 13.1 Å². The van der Waals surface area contributed by atoms with Gasteiger partial charge in [-0.05, 0) is 47.9 Å². The second-order valence-corrected chi connectivity index (χ2v) is 6.52. The van der Waals surface area contributed by atoms with Crippen molar-refractivity contribution in [2.45, 2.75) is 12.8 Å². The Bertz CT molecular complexity index is 1010. The van der Waals surface area contributed by atoms with Gasteiger partial charge in [-0.3, -0.25) is 4.79 Å². The molecule has 0 saturated carbocycles. The Labute approximate surface area is 149 Å². The summed E-state index contributed by atoms with van der Waals surface area (Å²) in [6.45, 7) is 1.14. The van der Waals surface area contributed by atoms with Gasteiger partial charge in [0.05, 0.1) is 6.42 Å². The van der Waals surface area contributed by atoms with Crippen LogP contribution in [0.4, 0.5) is 8.78 Å². The molecular formula is C21H18F2N2O. The van der Waals surface area contributed by atoms with E-state index in [1.807, 2.05) is 12.3 Å². The summed E-state index contributed by atoms with van der Waals surface area (Å²) in [6, 6.07) is 10.9. The van der Waals surface area contributed by atoms with E-state index in [9.17, 15) is 13.6 Å². The summed E-state index contributed by atoms with van der Waals surface area (Å²) in [4.78, 5) is 17.3. The lowest BCUT2D eigenvalue weighted by Gasteiger charge is -2.26. The molecule has 0 spiro atoms. The normalized spacial score (nSPS) is 14.5. The Morgan fingerprint density at radius 2 is 1.96 bits per heavy atom. The first-order chi connectivity index (χ1) is 12.6. The number of aromatic nitrogens is 1. The van der Waals surface area contributed by atoms with E-state index in [4.69, 9.17) is 0 Å². The van der Waals surface area contributed by atoms with Crippen LogP contribution in [0.2, 0.25) is 0 Å². The van der Waals surface area contributed by atoms with Crippen molar-refractivity contribution in [1.29, 1.82) is 0 Å². The average molecular weight is 352 g/mol. The zero-order valence-electron chi connectivity index (χ0n) is 14.1. The molecule has 1 aliphatic heterocycles. The number of carbonyl (C=O) groups excluding carboxylic acids is 1. The Morgan fingerprint density at radius 3 is 2.73 bits per heavy atom. The van der Waals surface area contributed by atoms with Gasteiger partial charge in [0.25, 0.3) is 0 Å². The first kappa shape index (κ1) is 16.5. The van der Waals surface area contributed by atoms with Crippen LogP contribution in [0.1, 0.15) is 17.5 Å². The molecule has 0 bridgehead atoms. The smallest absolute Gasteiger partial charge is 0.227 e. The Balaban J connectivity index is 1.48. The second kappa shape index (κ2) is 6.75. The van der Waals surface area contributed by atoms with Gasteiger partial charge in [0.2, 0.25) is 5.91 Å². The number of nitrogens with one attached hydrogen (secondary N) is 1. The van der Waals surface area contributed by atoms with Gasteiger partial charge in [0.15, 0.2) is 0 Å². The minimum Gasteiger partial charge on any atom is -0.360 e. The van der Waals surface area contributed by atoms with Crippen molar-refractivity contribution < 1.29 is 13.6 Å². The first-order valence-corrected chi connectivity index (χ1v) is 8.58. The third kappa shape index (κ3) is 3.25. The molecule has 4 rings (SSSR count). The molecule has 1 amide bonds. The van der Waals surface area contributed by atoms with Crippen molar-refractivity contribution in [3.8, 4) is 0 Å². The van der Waals surface area contributed by atoms with Gasteiger partial charge in [0.1, 0.15) is 11.6 Å². The van der Waals surface area contributed by atoms with Crippen LogP contribution in [0.3, 0.4) is 0 Å². The van der Waals surface area contributed by atoms with Crippen molar-refractivity contribution in [3.05, 3.63) is 77.5 Å². The maximum absolute atomic E-state index is 13.3. The minimum atomic E-state index is -0.327. The molecule has 0 atom stereocenters. The zero-order valence-corrected chi connectivity index (χ0v) is 14.1. The summed E-state index contributed by atoms with van der Waals surface area (Å²) < 4.78 is 26.6. The number of rotatable bonds is 3. The quantitative estimate of drug-likeness (QED) is 0.749. The van der Waals surface area contributed by atoms with Gasteiger partial charge in [0, 0.05) is 35.8 Å². The molecule has 0 aliphatic carbocycles. The molecule has 0 radical (unpaired) electrons. The van der Waals surface area contributed by atoms with Crippen LogP contribution in [0, 0.1) is 11.6 Å². The number of nitrogens with zero attached hydrogens (tertiary/aromatic N) is 1. The van der Waals surface area contributed by atoms with Crippen LogP contribution in [-0.2, 0) is 11.2 Å². The molecule has 0 fully saturated rings. The second-order valence-electron chi connectivity index (χ2n) is 6.52. The van der Waals surface area contributed by atoms with Gasteiger partial charge in [-0.25, -0.2) is 8.78 Å². The Hall–Kier alpha value is -2.95. The van der Waals surface area contributed by atoms with Crippen LogP contribution in [0.15, 0.2) is 54.7 Å². The number of carbonyl (C=O) groups is 1.